The summed E-state index contributed by atoms with van der Waals surface area (Å²) in [5.41, 5.74) is 3.27. The van der Waals surface area contributed by atoms with Crippen LogP contribution in [-0.4, -0.2) is 55.0 Å². The van der Waals surface area contributed by atoms with Crippen LogP contribution in [0.3, 0.4) is 0 Å². The number of para-hydroxylation sites is 1. The first-order valence-corrected chi connectivity index (χ1v) is 9.63. The molecule has 28 heavy (non-hydrogen) atoms. The Morgan fingerprint density at radius 3 is 2.61 bits per heavy atom. The number of Topliss-reactive ketones (excluding diaryl/α,β-unsaturated/α-hetero) is 1. The van der Waals surface area contributed by atoms with Gasteiger partial charge in [0.15, 0.2) is 5.78 Å². The van der Waals surface area contributed by atoms with Gasteiger partial charge in [0.2, 0.25) is 5.91 Å². The maximum Gasteiger partial charge on any atom is 0.238 e. The molecule has 1 aromatic heterocycles. The average molecular weight is 406 g/mol. The molecule has 152 valence electrons. The van der Waals surface area contributed by atoms with Gasteiger partial charge in [-0.1, -0.05) is 23.7 Å². The molecule has 0 saturated heterocycles. The number of hydrogen-bond acceptors (Lipinski definition) is 4. The highest BCUT2D eigenvalue weighted by molar-refractivity contribution is 6.33. The number of aromatic nitrogens is 1. The number of nitrogens with one attached hydrogen (secondary N) is 1. The summed E-state index contributed by atoms with van der Waals surface area (Å²) in [6, 6.07) is 8.98. The van der Waals surface area contributed by atoms with Gasteiger partial charge in [0.1, 0.15) is 0 Å². The summed E-state index contributed by atoms with van der Waals surface area (Å²) in [7, 11) is 3.43. The molecule has 7 heteroatoms. The Bertz CT molecular complexity index is 832. The van der Waals surface area contributed by atoms with Crippen molar-refractivity contribution in [3.8, 4) is 0 Å². The predicted molar refractivity (Wildman–Crippen MR) is 112 cm³/mol. The fourth-order valence-electron chi connectivity index (χ4n) is 3.18. The molecule has 1 heterocycles. The third-order valence-corrected chi connectivity index (χ3v) is 4.91. The van der Waals surface area contributed by atoms with Crippen molar-refractivity contribution in [3.63, 3.8) is 0 Å². The molecule has 0 unspecified atom stereocenters. The summed E-state index contributed by atoms with van der Waals surface area (Å²) in [5, 5.41) is 3.25. The van der Waals surface area contributed by atoms with Gasteiger partial charge >= 0.3 is 0 Å². The first kappa shape index (κ1) is 22.1. The number of nitrogens with zero attached hydrogens (tertiary/aromatic N) is 2. The molecule has 6 nitrogen and oxygen atoms in total. The van der Waals surface area contributed by atoms with Crippen molar-refractivity contribution < 1.29 is 14.3 Å². The average Bonchev–Trinajstić information content (AvgIpc) is 2.92. The lowest BCUT2D eigenvalue weighted by molar-refractivity contribution is -0.116. The van der Waals surface area contributed by atoms with Crippen LogP contribution in [-0.2, 0) is 16.1 Å². The molecule has 0 aliphatic rings. The fourth-order valence-corrected chi connectivity index (χ4v) is 3.36. The quantitative estimate of drug-likeness (QED) is 0.485. The smallest absolute Gasteiger partial charge is 0.238 e. The van der Waals surface area contributed by atoms with Crippen molar-refractivity contribution >= 4 is 29.0 Å². The number of halogens is 1. The highest BCUT2D eigenvalue weighted by Gasteiger charge is 2.18. The summed E-state index contributed by atoms with van der Waals surface area (Å²) >= 11 is 6.06. The molecule has 0 saturated carbocycles. The van der Waals surface area contributed by atoms with E-state index in [-0.39, 0.29) is 24.8 Å². The topological polar surface area (TPSA) is 63.6 Å². The van der Waals surface area contributed by atoms with Crippen LogP contribution in [0.5, 0.6) is 0 Å². The second-order valence-corrected chi connectivity index (χ2v) is 7.31. The lowest BCUT2D eigenvalue weighted by atomic mass is 10.1. The van der Waals surface area contributed by atoms with E-state index in [2.05, 4.69) is 9.88 Å². The molecule has 0 spiro atoms. The predicted octanol–water partition coefficient (Wildman–Crippen LogP) is 3.55. The number of amides is 1. The van der Waals surface area contributed by atoms with E-state index in [1.165, 1.54) is 0 Å². The van der Waals surface area contributed by atoms with Crippen LogP contribution in [0.4, 0.5) is 5.69 Å². The number of ketones is 1. The molecule has 1 N–H and O–H groups in total. The molecule has 1 amide bonds. The molecule has 0 radical (unpaired) electrons. The number of aryl methyl sites for hydroxylation is 1. The Morgan fingerprint density at radius 1 is 1.21 bits per heavy atom. The third-order valence-electron chi connectivity index (χ3n) is 4.58. The number of likely N-dealkylation sites (N-methyl/N-ethyl adjacent to an activating group) is 1. The second kappa shape index (κ2) is 10.4. The van der Waals surface area contributed by atoms with Gasteiger partial charge in [-0.15, -0.1) is 0 Å². The van der Waals surface area contributed by atoms with Crippen LogP contribution in [0.1, 0.15) is 28.2 Å². The van der Waals surface area contributed by atoms with Crippen LogP contribution in [0.25, 0.3) is 0 Å². The molecular formula is C21H28ClN3O3. The van der Waals surface area contributed by atoms with E-state index < -0.39 is 0 Å². The van der Waals surface area contributed by atoms with Crippen molar-refractivity contribution in [3.05, 3.63) is 52.3 Å². The summed E-state index contributed by atoms with van der Waals surface area (Å²) in [4.78, 5) is 26.7. The van der Waals surface area contributed by atoms with Gasteiger partial charge < -0.3 is 14.6 Å². The second-order valence-electron chi connectivity index (χ2n) is 6.91. The molecule has 0 aliphatic carbocycles. The standard InChI is InChI=1S/C21H28ClN3O3/c1-15-12-17(16(2)25(15)10-7-11-28-4)20(26)13-24(3)14-21(27)23-19-9-6-5-8-18(19)22/h5-6,8-9,12H,7,10-11,13-14H2,1-4H3,(H,23,27). The van der Waals surface area contributed by atoms with E-state index in [4.69, 9.17) is 16.3 Å². The van der Waals surface area contributed by atoms with Crippen molar-refractivity contribution in [2.45, 2.75) is 26.8 Å². The first-order valence-electron chi connectivity index (χ1n) is 9.25. The summed E-state index contributed by atoms with van der Waals surface area (Å²) in [6.07, 6.45) is 0.891. The summed E-state index contributed by atoms with van der Waals surface area (Å²) in [6.45, 7) is 5.72. The van der Waals surface area contributed by atoms with E-state index in [1.807, 2.05) is 19.9 Å². The zero-order valence-corrected chi connectivity index (χ0v) is 17.7. The molecule has 0 aliphatic heterocycles. The lowest BCUT2D eigenvalue weighted by Crippen LogP contribution is -2.34. The Balaban J connectivity index is 1.94. The Labute approximate surface area is 171 Å². The first-order chi connectivity index (χ1) is 13.3. The normalized spacial score (nSPS) is 11.1. The SMILES string of the molecule is COCCCn1c(C)cc(C(=O)CN(C)CC(=O)Nc2ccccc2Cl)c1C. The van der Waals surface area contributed by atoms with Gasteiger partial charge in [0.05, 0.1) is 23.8 Å². The molecular weight excluding hydrogens is 378 g/mol. The summed E-state index contributed by atoms with van der Waals surface area (Å²) in [5.74, 6) is -0.215. The number of carbonyl (C=O) groups is 2. The number of ether oxygens (including phenoxy) is 1. The van der Waals surface area contributed by atoms with Crippen LogP contribution in [0.2, 0.25) is 5.02 Å². The van der Waals surface area contributed by atoms with Crippen molar-refractivity contribution in [2.24, 2.45) is 0 Å². The molecule has 0 bridgehead atoms. The molecule has 0 fully saturated rings. The Hall–Kier alpha value is -2.15. The fraction of sp³-hybridized carbons (Fsp3) is 0.429. The minimum absolute atomic E-state index is 0.000801. The lowest BCUT2D eigenvalue weighted by Gasteiger charge is -2.16. The number of methoxy groups -OCH3 is 1. The van der Waals surface area contributed by atoms with E-state index in [0.717, 1.165) is 24.4 Å². The van der Waals surface area contributed by atoms with Gasteiger partial charge in [0.25, 0.3) is 0 Å². The van der Waals surface area contributed by atoms with E-state index in [1.54, 1.807) is 43.3 Å². The molecule has 1 aromatic carbocycles. The highest BCUT2D eigenvalue weighted by Crippen LogP contribution is 2.20. The van der Waals surface area contributed by atoms with Crippen LogP contribution in [0.15, 0.2) is 30.3 Å². The van der Waals surface area contributed by atoms with Gasteiger partial charge in [-0.25, -0.2) is 0 Å². The minimum Gasteiger partial charge on any atom is -0.385 e. The maximum atomic E-state index is 12.7. The molecule has 2 rings (SSSR count). The van der Waals surface area contributed by atoms with Crippen molar-refractivity contribution in [1.82, 2.24) is 9.47 Å². The molecule has 2 aromatic rings. The highest BCUT2D eigenvalue weighted by atomic mass is 35.5. The van der Waals surface area contributed by atoms with Gasteiger partial charge in [-0.2, -0.15) is 0 Å². The number of anilines is 1. The van der Waals surface area contributed by atoms with E-state index >= 15 is 0 Å². The van der Waals surface area contributed by atoms with Crippen molar-refractivity contribution in [1.29, 1.82) is 0 Å². The van der Waals surface area contributed by atoms with Crippen LogP contribution < -0.4 is 5.32 Å². The number of hydrogen-bond donors (Lipinski definition) is 1. The maximum absolute atomic E-state index is 12.7. The van der Waals surface area contributed by atoms with Crippen LogP contribution >= 0.6 is 11.6 Å². The zero-order valence-electron chi connectivity index (χ0n) is 16.9. The zero-order chi connectivity index (χ0) is 20.7. The minimum atomic E-state index is -0.214. The summed E-state index contributed by atoms with van der Waals surface area (Å²) < 4.78 is 7.24. The van der Waals surface area contributed by atoms with Crippen LogP contribution in [0, 0.1) is 13.8 Å². The number of carbonyl (C=O) groups excluding carboxylic acids is 2. The largest absolute Gasteiger partial charge is 0.385 e. The number of benzene rings is 1. The van der Waals surface area contributed by atoms with E-state index in [9.17, 15) is 9.59 Å². The van der Waals surface area contributed by atoms with E-state index in [0.29, 0.717) is 22.9 Å². The van der Waals surface area contributed by atoms with Gasteiger partial charge in [-0.05, 0) is 45.5 Å². The van der Waals surface area contributed by atoms with Gasteiger partial charge in [-0.3, -0.25) is 14.5 Å². The van der Waals surface area contributed by atoms with Crippen molar-refractivity contribution in [2.75, 3.05) is 39.2 Å². The Kier molecular flexibility index (Phi) is 8.23. The third kappa shape index (κ3) is 5.92. The Morgan fingerprint density at radius 2 is 1.93 bits per heavy atom. The monoisotopic (exact) mass is 405 g/mol. The van der Waals surface area contributed by atoms with Gasteiger partial charge in [0, 0.05) is 37.2 Å². The molecule has 0 atom stereocenters. The number of rotatable bonds is 10.